The number of imidazole rings is 1. The molecule has 0 radical (unpaired) electrons. The molecule has 0 bridgehead atoms. The van der Waals surface area contributed by atoms with Gasteiger partial charge in [0.05, 0.1) is 6.20 Å². The fourth-order valence-corrected chi connectivity index (χ4v) is 1.54. The van der Waals surface area contributed by atoms with Gasteiger partial charge in [0.15, 0.2) is 0 Å². The maximum Gasteiger partial charge on any atom is 0.269 e. The highest BCUT2D eigenvalue weighted by Gasteiger charge is 2.15. The van der Waals surface area contributed by atoms with Gasteiger partial charge in [0, 0.05) is 12.7 Å². The second-order valence-corrected chi connectivity index (χ2v) is 5.32. The number of hydrogen-bond acceptors (Lipinski definition) is 2. The lowest BCUT2D eigenvalue weighted by molar-refractivity contribution is 0.0933. The van der Waals surface area contributed by atoms with Gasteiger partial charge in [-0.25, -0.2) is 4.98 Å². The summed E-state index contributed by atoms with van der Waals surface area (Å²) in [7, 11) is 0. The van der Waals surface area contributed by atoms with Crippen molar-refractivity contribution in [2.45, 2.75) is 20.8 Å². The van der Waals surface area contributed by atoms with Crippen LogP contribution in [0.5, 0.6) is 0 Å². The Kier molecular flexibility index (Phi) is 2.88. The molecule has 2 heterocycles. The van der Waals surface area contributed by atoms with Gasteiger partial charge < -0.3 is 5.32 Å². The van der Waals surface area contributed by atoms with E-state index in [2.05, 4.69) is 31.1 Å². The first-order valence-corrected chi connectivity index (χ1v) is 5.68. The van der Waals surface area contributed by atoms with Gasteiger partial charge in [-0.1, -0.05) is 26.8 Å². The minimum Gasteiger partial charge on any atom is -0.350 e. The van der Waals surface area contributed by atoms with Gasteiger partial charge in [-0.2, -0.15) is 0 Å². The zero-order chi connectivity index (χ0) is 12.5. The first-order valence-electron chi connectivity index (χ1n) is 5.68. The average molecular weight is 231 g/mol. The molecule has 2 aromatic heterocycles. The number of aromatic nitrogens is 2. The third kappa shape index (κ3) is 2.64. The van der Waals surface area contributed by atoms with E-state index in [-0.39, 0.29) is 11.3 Å². The molecule has 2 rings (SSSR count). The van der Waals surface area contributed by atoms with Crippen LogP contribution in [0, 0.1) is 5.41 Å². The van der Waals surface area contributed by atoms with E-state index in [1.165, 1.54) is 0 Å². The molecule has 1 N–H and O–H groups in total. The van der Waals surface area contributed by atoms with Gasteiger partial charge in [-0.05, 0) is 17.5 Å². The van der Waals surface area contributed by atoms with E-state index in [0.29, 0.717) is 12.2 Å². The summed E-state index contributed by atoms with van der Waals surface area (Å²) < 4.78 is 1.79. The number of pyridine rings is 1. The molecule has 4 heteroatoms. The van der Waals surface area contributed by atoms with Crippen LogP contribution in [0.3, 0.4) is 0 Å². The standard InChI is InChI=1S/C13H17N3O/c1-13(2,3)9-15-12(17)10-8-14-11-6-4-5-7-16(10)11/h4-8H,9H2,1-3H3,(H,15,17). The second-order valence-electron chi connectivity index (χ2n) is 5.32. The zero-order valence-corrected chi connectivity index (χ0v) is 10.4. The van der Waals surface area contributed by atoms with Crippen molar-refractivity contribution in [2.75, 3.05) is 6.54 Å². The van der Waals surface area contributed by atoms with E-state index in [4.69, 9.17) is 0 Å². The van der Waals surface area contributed by atoms with Gasteiger partial charge in [0.25, 0.3) is 5.91 Å². The van der Waals surface area contributed by atoms with Gasteiger partial charge in [0.1, 0.15) is 11.3 Å². The van der Waals surface area contributed by atoms with Crippen LogP contribution in [-0.4, -0.2) is 21.8 Å². The van der Waals surface area contributed by atoms with Crippen molar-refractivity contribution in [2.24, 2.45) is 5.41 Å². The van der Waals surface area contributed by atoms with Crippen molar-refractivity contribution in [1.82, 2.24) is 14.7 Å². The quantitative estimate of drug-likeness (QED) is 0.860. The van der Waals surface area contributed by atoms with Crippen LogP contribution in [0.4, 0.5) is 0 Å². The fourth-order valence-electron chi connectivity index (χ4n) is 1.54. The van der Waals surface area contributed by atoms with Crippen LogP contribution in [0.15, 0.2) is 30.6 Å². The molecule has 0 aliphatic rings. The van der Waals surface area contributed by atoms with Crippen LogP contribution in [0.1, 0.15) is 31.3 Å². The Bertz CT molecular complexity index is 537. The van der Waals surface area contributed by atoms with Crippen molar-refractivity contribution in [3.05, 3.63) is 36.3 Å². The molecule has 0 saturated heterocycles. The average Bonchev–Trinajstić information content (AvgIpc) is 2.68. The molecule has 0 aliphatic heterocycles. The lowest BCUT2D eigenvalue weighted by Crippen LogP contribution is -2.32. The van der Waals surface area contributed by atoms with E-state index in [1.54, 1.807) is 10.6 Å². The lowest BCUT2D eigenvalue weighted by atomic mass is 9.97. The summed E-state index contributed by atoms with van der Waals surface area (Å²) in [6, 6.07) is 5.66. The van der Waals surface area contributed by atoms with Crippen molar-refractivity contribution in [3.8, 4) is 0 Å². The minimum atomic E-state index is -0.0846. The summed E-state index contributed by atoms with van der Waals surface area (Å²) >= 11 is 0. The number of carbonyl (C=O) groups excluding carboxylic acids is 1. The highest BCUT2D eigenvalue weighted by molar-refractivity contribution is 5.93. The van der Waals surface area contributed by atoms with Crippen LogP contribution < -0.4 is 5.32 Å². The second kappa shape index (κ2) is 4.20. The molecule has 0 unspecified atom stereocenters. The Balaban J connectivity index is 2.20. The topological polar surface area (TPSA) is 46.4 Å². The Morgan fingerprint density at radius 2 is 2.18 bits per heavy atom. The maximum atomic E-state index is 12.0. The largest absolute Gasteiger partial charge is 0.350 e. The summed E-state index contributed by atoms with van der Waals surface area (Å²) in [6.07, 6.45) is 3.45. The van der Waals surface area contributed by atoms with Crippen molar-refractivity contribution in [1.29, 1.82) is 0 Å². The molecule has 90 valence electrons. The van der Waals surface area contributed by atoms with Crippen LogP contribution >= 0.6 is 0 Å². The number of amides is 1. The Morgan fingerprint density at radius 3 is 2.88 bits per heavy atom. The molecule has 4 nitrogen and oxygen atoms in total. The third-order valence-corrected chi connectivity index (χ3v) is 2.43. The Hall–Kier alpha value is -1.84. The fraction of sp³-hybridized carbons (Fsp3) is 0.385. The number of nitrogens with one attached hydrogen (secondary N) is 1. The normalized spacial score (nSPS) is 11.7. The molecule has 0 spiro atoms. The Morgan fingerprint density at radius 1 is 1.41 bits per heavy atom. The van der Waals surface area contributed by atoms with E-state index >= 15 is 0 Å². The molecule has 0 aliphatic carbocycles. The van der Waals surface area contributed by atoms with Crippen LogP contribution in [-0.2, 0) is 0 Å². The molecular formula is C13H17N3O. The van der Waals surface area contributed by atoms with E-state index < -0.39 is 0 Å². The first-order chi connectivity index (χ1) is 7.97. The van der Waals surface area contributed by atoms with Crippen LogP contribution in [0.25, 0.3) is 5.65 Å². The third-order valence-electron chi connectivity index (χ3n) is 2.43. The Labute approximate surface area is 101 Å². The molecule has 0 atom stereocenters. The summed E-state index contributed by atoms with van der Waals surface area (Å²) in [5, 5.41) is 2.92. The summed E-state index contributed by atoms with van der Waals surface area (Å²) in [5.74, 6) is -0.0846. The summed E-state index contributed by atoms with van der Waals surface area (Å²) in [5.41, 5.74) is 1.44. The molecule has 17 heavy (non-hydrogen) atoms. The van der Waals surface area contributed by atoms with Crippen molar-refractivity contribution >= 4 is 11.6 Å². The monoisotopic (exact) mass is 231 g/mol. The number of carbonyl (C=O) groups is 1. The predicted octanol–water partition coefficient (Wildman–Crippen LogP) is 2.11. The number of nitrogens with zero attached hydrogens (tertiary/aromatic N) is 2. The lowest BCUT2D eigenvalue weighted by Gasteiger charge is -2.18. The first kappa shape index (κ1) is 11.6. The highest BCUT2D eigenvalue weighted by atomic mass is 16.1. The van der Waals surface area contributed by atoms with E-state index in [1.807, 2.05) is 24.4 Å². The highest BCUT2D eigenvalue weighted by Crippen LogP contribution is 2.11. The molecular weight excluding hydrogens is 214 g/mol. The smallest absolute Gasteiger partial charge is 0.269 e. The van der Waals surface area contributed by atoms with E-state index in [9.17, 15) is 4.79 Å². The molecule has 1 amide bonds. The maximum absolute atomic E-state index is 12.0. The van der Waals surface area contributed by atoms with Gasteiger partial charge >= 0.3 is 0 Å². The minimum absolute atomic E-state index is 0.0795. The van der Waals surface area contributed by atoms with E-state index in [0.717, 1.165) is 5.65 Å². The van der Waals surface area contributed by atoms with Crippen LogP contribution in [0.2, 0.25) is 0 Å². The molecule has 2 aromatic rings. The molecule has 0 saturated carbocycles. The number of fused-ring (bicyclic) bond motifs is 1. The number of rotatable bonds is 2. The van der Waals surface area contributed by atoms with Crippen molar-refractivity contribution < 1.29 is 4.79 Å². The van der Waals surface area contributed by atoms with Gasteiger partial charge in [0.2, 0.25) is 0 Å². The summed E-state index contributed by atoms with van der Waals surface area (Å²) in [4.78, 5) is 16.2. The predicted molar refractivity (Wildman–Crippen MR) is 67.0 cm³/mol. The molecule has 0 fully saturated rings. The SMILES string of the molecule is CC(C)(C)CNC(=O)c1cnc2ccccn12. The zero-order valence-electron chi connectivity index (χ0n) is 10.4. The van der Waals surface area contributed by atoms with Crippen molar-refractivity contribution in [3.63, 3.8) is 0 Å². The summed E-state index contributed by atoms with van der Waals surface area (Å²) in [6.45, 7) is 6.90. The van der Waals surface area contributed by atoms with Gasteiger partial charge in [-0.15, -0.1) is 0 Å². The molecule has 0 aromatic carbocycles. The number of hydrogen-bond donors (Lipinski definition) is 1. The van der Waals surface area contributed by atoms with Gasteiger partial charge in [-0.3, -0.25) is 9.20 Å².